The van der Waals surface area contributed by atoms with Crippen LogP contribution < -0.4 is 15.5 Å². The van der Waals surface area contributed by atoms with Gasteiger partial charge in [0.25, 0.3) is 0 Å². The summed E-state index contributed by atoms with van der Waals surface area (Å²) in [5, 5.41) is 14.5. The number of nitrogens with zero attached hydrogens (tertiary/aromatic N) is 3. The third kappa shape index (κ3) is 6.96. The van der Waals surface area contributed by atoms with Crippen LogP contribution in [0.4, 0.5) is 21.9 Å². The Kier molecular flexibility index (Phi) is 7.78. The van der Waals surface area contributed by atoms with E-state index in [4.69, 9.17) is 21.6 Å². The standard InChI is InChI=1S/C22H24ClN5O4/c1-22(2,3)32-21(31)27-17-10-18(28(4)5)15(23)9-16(17)26-20(30)11-19(29)13-6-7-25-14(8-13)12-24/h6-10H,11H2,1-5H3,(H,26,30)(H,27,31). The molecule has 0 aliphatic carbocycles. The molecule has 0 aliphatic rings. The second-order valence-electron chi connectivity index (χ2n) is 8.06. The SMILES string of the molecule is CN(C)c1cc(NC(=O)OC(C)(C)C)c(NC(=O)CC(=O)c2ccnc(C#N)c2)cc1Cl. The van der Waals surface area contributed by atoms with Crippen molar-refractivity contribution in [3.63, 3.8) is 0 Å². The van der Waals surface area contributed by atoms with E-state index in [0.29, 0.717) is 10.7 Å². The highest BCUT2D eigenvalue weighted by atomic mass is 35.5. The first-order chi connectivity index (χ1) is 14.9. The molecule has 1 aromatic heterocycles. The van der Waals surface area contributed by atoms with Crippen LogP contribution in [0.15, 0.2) is 30.5 Å². The third-order valence-corrected chi connectivity index (χ3v) is 4.30. The zero-order valence-electron chi connectivity index (χ0n) is 18.4. The normalized spacial score (nSPS) is 10.7. The van der Waals surface area contributed by atoms with Crippen LogP contribution in [0.2, 0.25) is 5.02 Å². The predicted octanol–water partition coefficient (Wildman–Crippen LogP) is 4.23. The molecule has 0 atom stereocenters. The summed E-state index contributed by atoms with van der Waals surface area (Å²) in [6.07, 6.45) is 0.136. The topological polar surface area (TPSA) is 124 Å². The fraction of sp³-hybridized carbons (Fsp3) is 0.318. The lowest BCUT2D eigenvalue weighted by atomic mass is 10.1. The zero-order chi connectivity index (χ0) is 24.1. The van der Waals surface area contributed by atoms with Gasteiger partial charge in [-0.25, -0.2) is 9.78 Å². The van der Waals surface area contributed by atoms with Gasteiger partial charge in [-0.1, -0.05) is 11.6 Å². The molecule has 0 fully saturated rings. The Bertz CT molecular complexity index is 1090. The second kappa shape index (κ2) is 10.1. The maximum atomic E-state index is 12.5. The van der Waals surface area contributed by atoms with Gasteiger partial charge in [0.2, 0.25) is 5.91 Å². The van der Waals surface area contributed by atoms with Gasteiger partial charge in [-0.15, -0.1) is 0 Å². The maximum Gasteiger partial charge on any atom is 0.412 e. The van der Waals surface area contributed by atoms with E-state index in [0.717, 1.165) is 0 Å². The number of benzene rings is 1. The number of amides is 2. The molecule has 2 aromatic rings. The second-order valence-corrected chi connectivity index (χ2v) is 8.47. The van der Waals surface area contributed by atoms with Crippen molar-refractivity contribution in [2.45, 2.75) is 32.8 Å². The molecule has 1 aromatic carbocycles. The van der Waals surface area contributed by atoms with Crippen molar-refractivity contribution in [3.8, 4) is 6.07 Å². The molecular weight excluding hydrogens is 434 g/mol. The summed E-state index contributed by atoms with van der Waals surface area (Å²) in [5.41, 5.74) is 0.614. The molecule has 9 nitrogen and oxygen atoms in total. The number of ether oxygens (including phenoxy) is 1. The minimum atomic E-state index is -0.719. The van der Waals surface area contributed by atoms with Gasteiger partial charge in [-0.05, 0) is 45.0 Å². The number of hydrogen-bond acceptors (Lipinski definition) is 7. The Morgan fingerprint density at radius 3 is 2.41 bits per heavy atom. The summed E-state index contributed by atoms with van der Waals surface area (Å²) >= 11 is 6.32. The van der Waals surface area contributed by atoms with Crippen molar-refractivity contribution in [1.29, 1.82) is 5.26 Å². The number of carbonyl (C=O) groups excluding carboxylic acids is 3. The average molecular weight is 458 g/mol. The highest BCUT2D eigenvalue weighted by Crippen LogP contribution is 2.35. The minimum Gasteiger partial charge on any atom is -0.444 e. The summed E-state index contributed by atoms with van der Waals surface area (Å²) in [6, 6.07) is 7.65. The van der Waals surface area contributed by atoms with E-state index >= 15 is 0 Å². The number of halogens is 1. The van der Waals surface area contributed by atoms with Gasteiger partial charge in [0, 0.05) is 25.9 Å². The van der Waals surface area contributed by atoms with Gasteiger partial charge >= 0.3 is 6.09 Å². The Morgan fingerprint density at radius 2 is 1.81 bits per heavy atom. The molecule has 0 bridgehead atoms. The number of carbonyl (C=O) groups is 3. The van der Waals surface area contributed by atoms with Crippen molar-refractivity contribution in [2.75, 3.05) is 29.6 Å². The molecule has 2 amide bonds. The number of pyridine rings is 1. The smallest absolute Gasteiger partial charge is 0.412 e. The predicted molar refractivity (Wildman–Crippen MR) is 122 cm³/mol. The van der Waals surface area contributed by atoms with Gasteiger partial charge in [-0.3, -0.25) is 14.9 Å². The first-order valence-electron chi connectivity index (χ1n) is 9.59. The van der Waals surface area contributed by atoms with E-state index in [1.807, 2.05) is 6.07 Å². The number of ketones is 1. The molecule has 2 N–H and O–H groups in total. The van der Waals surface area contributed by atoms with Crippen molar-refractivity contribution < 1.29 is 19.1 Å². The number of nitriles is 1. The van der Waals surface area contributed by atoms with E-state index in [1.165, 1.54) is 24.4 Å². The molecule has 0 saturated heterocycles. The largest absolute Gasteiger partial charge is 0.444 e. The van der Waals surface area contributed by atoms with Crippen LogP contribution in [0.25, 0.3) is 0 Å². The third-order valence-electron chi connectivity index (χ3n) is 4.00. The van der Waals surface area contributed by atoms with Crippen molar-refractivity contribution in [1.82, 2.24) is 4.98 Å². The Hall–Kier alpha value is -3.64. The summed E-state index contributed by atoms with van der Waals surface area (Å²) in [4.78, 5) is 42.8. The highest BCUT2D eigenvalue weighted by molar-refractivity contribution is 6.34. The van der Waals surface area contributed by atoms with E-state index in [1.54, 1.807) is 45.8 Å². The first-order valence-corrected chi connectivity index (χ1v) is 9.97. The van der Waals surface area contributed by atoms with Crippen molar-refractivity contribution >= 4 is 46.4 Å². The van der Waals surface area contributed by atoms with Crippen LogP contribution >= 0.6 is 11.6 Å². The lowest BCUT2D eigenvalue weighted by Gasteiger charge is -2.22. The van der Waals surface area contributed by atoms with E-state index < -0.39 is 29.8 Å². The summed E-state index contributed by atoms with van der Waals surface area (Å²) < 4.78 is 5.28. The maximum absolute atomic E-state index is 12.5. The number of hydrogen-bond donors (Lipinski definition) is 2. The molecule has 168 valence electrons. The quantitative estimate of drug-likeness (QED) is 0.491. The summed E-state index contributed by atoms with van der Waals surface area (Å²) in [5.74, 6) is -1.11. The van der Waals surface area contributed by atoms with E-state index in [9.17, 15) is 14.4 Å². The molecule has 0 aliphatic heterocycles. The van der Waals surface area contributed by atoms with Crippen LogP contribution in [0.3, 0.4) is 0 Å². The van der Waals surface area contributed by atoms with Gasteiger partial charge in [0.15, 0.2) is 5.78 Å². The fourth-order valence-corrected chi connectivity index (χ4v) is 2.97. The monoisotopic (exact) mass is 457 g/mol. The molecule has 0 saturated carbocycles. The fourth-order valence-electron chi connectivity index (χ4n) is 2.63. The Balaban J connectivity index is 2.25. The van der Waals surface area contributed by atoms with Crippen molar-refractivity contribution in [2.24, 2.45) is 0 Å². The number of nitrogens with one attached hydrogen (secondary N) is 2. The molecule has 10 heteroatoms. The zero-order valence-corrected chi connectivity index (χ0v) is 19.2. The number of rotatable bonds is 6. The minimum absolute atomic E-state index is 0.0751. The molecule has 1 heterocycles. The molecule has 0 radical (unpaired) electrons. The van der Waals surface area contributed by atoms with Crippen LogP contribution in [0.1, 0.15) is 43.2 Å². The Morgan fingerprint density at radius 1 is 1.16 bits per heavy atom. The van der Waals surface area contributed by atoms with Gasteiger partial charge in [-0.2, -0.15) is 5.26 Å². The number of Topliss-reactive ketones (excluding diaryl/α,β-unsaturated/α-hetero) is 1. The molecule has 2 rings (SSSR count). The van der Waals surface area contributed by atoms with Crippen LogP contribution in [-0.4, -0.2) is 42.5 Å². The van der Waals surface area contributed by atoms with E-state index in [-0.39, 0.29) is 22.6 Å². The number of anilines is 3. The van der Waals surface area contributed by atoms with Gasteiger partial charge in [0.1, 0.15) is 17.4 Å². The lowest BCUT2D eigenvalue weighted by molar-refractivity contribution is -0.115. The Labute approximate surface area is 191 Å². The molecule has 0 spiro atoms. The number of aromatic nitrogens is 1. The molecule has 32 heavy (non-hydrogen) atoms. The first kappa shape index (κ1) is 24.6. The summed E-state index contributed by atoms with van der Waals surface area (Å²) in [6.45, 7) is 5.18. The molecule has 0 unspecified atom stereocenters. The summed E-state index contributed by atoms with van der Waals surface area (Å²) in [7, 11) is 3.55. The average Bonchev–Trinajstić information content (AvgIpc) is 2.68. The highest BCUT2D eigenvalue weighted by Gasteiger charge is 2.20. The van der Waals surface area contributed by atoms with Crippen molar-refractivity contribution in [3.05, 3.63) is 46.7 Å². The lowest BCUT2D eigenvalue weighted by Crippen LogP contribution is -2.28. The molecular formula is C22H24ClN5O4. The van der Waals surface area contributed by atoms with Crippen LogP contribution in [0, 0.1) is 11.3 Å². The van der Waals surface area contributed by atoms with Crippen LogP contribution in [0.5, 0.6) is 0 Å². The van der Waals surface area contributed by atoms with Gasteiger partial charge in [0.05, 0.1) is 28.5 Å². The van der Waals surface area contributed by atoms with Gasteiger partial charge < -0.3 is 15.0 Å². The van der Waals surface area contributed by atoms with Crippen LogP contribution in [-0.2, 0) is 9.53 Å². The van der Waals surface area contributed by atoms with E-state index in [2.05, 4.69) is 15.6 Å².